The van der Waals surface area contributed by atoms with Crippen LogP contribution >= 0.6 is 11.3 Å². The summed E-state index contributed by atoms with van der Waals surface area (Å²) in [6, 6.07) is 7.71. The van der Waals surface area contributed by atoms with Gasteiger partial charge in [-0.3, -0.25) is 9.88 Å². The zero-order chi connectivity index (χ0) is 16.4. The van der Waals surface area contributed by atoms with Crippen molar-refractivity contribution in [2.75, 3.05) is 37.6 Å². The Kier molecular flexibility index (Phi) is 4.27. The Morgan fingerprint density at radius 1 is 1.12 bits per heavy atom. The lowest BCUT2D eigenvalue weighted by Gasteiger charge is -2.34. The lowest BCUT2D eigenvalue weighted by molar-refractivity contribution is 0.261. The van der Waals surface area contributed by atoms with E-state index < -0.39 is 0 Å². The van der Waals surface area contributed by atoms with Crippen molar-refractivity contribution in [2.45, 2.75) is 6.42 Å². The Morgan fingerprint density at radius 2 is 2.00 bits per heavy atom. The molecule has 0 atom stereocenters. The highest BCUT2D eigenvalue weighted by Crippen LogP contribution is 2.26. The number of piperazine rings is 1. The van der Waals surface area contributed by atoms with Crippen molar-refractivity contribution in [3.05, 3.63) is 41.5 Å². The summed E-state index contributed by atoms with van der Waals surface area (Å²) in [5.41, 5.74) is 3.71. The molecule has 24 heavy (non-hydrogen) atoms. The minimum absolute atomic E-state index is 0.250. The zero-order valence-corrected chi connectivity index (χ0v) is 14.1. The SMILES string of the molecule is Oc1ccc(CCN2CCN(c3nncs3)CC2)c2cccnc12. The highest BCUT2D eigenvalue weighted by atomic mass is 32.1. The summed E-state index contributed by atoms with van der Waals surface area (Å²) >= 11 is 1.60. The highest BCUT2D eigenvalue weighted by molar-refractivity contribution is 7.13. The maximum absolute atomic E-state index is 9.94. The fraction of sp³-hybridized carbons (Fsp3) is 0.353. The number of hydrogen-bond donors (Lipinski definition) is 1. The van der Waals surface area contributed by atoms with E-state index in [0.29, 0.717) is 5.52 Å². The van der Waals surface area contributed by atoms with Crippen LogP contribution in [-0.2, 0) is 6.42 Å². The number of nitrogens with zero attached hydrogens (tertiary/aromatic N) is 5. The summed E-state index contributed by atoms with van der Waals surface area (Å²) in [5.74, 6) is 0.250. The Hall–Kier alpha value is -2.25. The van der Waals surface area contributed by atoms with Gasteiger partial charge in [-0.25, -0.2) is 0 Å². The number of aromatic hydroxyl groups is 1. The van der Waals surface area contributed by atoms with Crippen LogP contribution in [-0.4, -0.2) is 57.9 Å². The smallest absolute Gasteiger partial charge is 0.208 e. The van der Waals surface area contributed by atoms with Crippen LogP contribution in [0.5, 0.6) is 5.75 Å². The van der Waals surface area contributed by atoms with Crippen LogP contribution in [0.25, 0.3) is 10.9 Å². The Morgan fingerprint density at radius 3 is 2.79 bits per heavy atom. The van der Waals surface area contributed by atoms with Crippen molar-refractivity contribution in [3.63, 3.8) is 0 Å². The average Bonchev–Trinajstić information content (AvgIpc) is 3.17. The monoisotopic (exact) mass is 341 g/mol. The summed E-state index contributed by atoms with van der Waals surface area (Å²) in [4.78, 5) is 9.07. The van der Waals surface area contributed by atoms with Crippen LogP contribution in [0.1, 0.15) is 5.56 Å². The lowest BCUT2D eigenvalue weighted by atomic mass is 10.0. The number of aromatic nitrogens is 3. The summed E-state index contributed by atoms with van der Waals surface area (Å²) in [6.07, 6.45) is 2.68. The van der Waals surface area contributed by atoms with Crippen LogP contribution in [0.15, 0.2) is 36.0 Å². The standard InChI is InChI=1S/C17H19N5OS/c23-15-4-3-13(14-2-1-6-18-16(14)15)5-7-21-8-10-22(11-9-21)17-20-19-12-24-17/h1-4,6,12,23H,5,7-11H2. The second-order valence-corrected chi connectivity index (χ2v) is 6.76. The van der Waals surface area contributed by atoms with Crippen molar-refractivity contribution in [1.82, 2.24) is 20.1 Å². The minimum atomic E-state index is 0.250. The van der Waals surface area contributed by atoms with Crippen LogP contribution < -0.4 is 4.90 Å². The van der Waals surface area contributed by atoms with E-state index in [2.05, 4.69) is 25.0 Å². The predicted molar refractivity (Wildman–Crippen MR) is 95.7 cm³/mol. The van der Waals surface area contributed by atoms with Crippen molar-refractivity contribution >= 4 is 27.4 Å². The summed E-state index contributed by atoms with van der Waals surface area (Å²) in [6.45, 7) is 5.07. The predicted octanol–water partition coefficient (Wildman–Crippen LogP) is 2.16. The Balaban J connectivity index is 1.39. The number of anilines is 1. The molecule has 124 valence electrons. The average molecular weight is 341 g/mol. The molecule has 1 aromatic carbocycles. The molecule has 1 saturated heterocycles. The van der Waals surface area contributed by atoms with Gasteiger partial charge in [0.1, 0.15) is 16.8 Å². The van der Waals surface area contributed by atoms with E-state index in [9.17, 15) is 5.11 Å². The van der Waals surface area contributed by atoms with Crippen molar-refractivity contribution in [2.24, 2.45) is 0 Å². The highest BCUT2D eigenvalue weighted by Gasteiger charge is 2.19. The first-order valence-electron chi connectivity index (χ1n) is 8.10. The van der Waals surface area contributed by atoms with Crippen molar-refractivity contribution in [1.29, 1.82) is 0 Å². The Bertz CT molecular complexity index is 815. The number of phenolic OH excluding ortho intramolecular Hbond substituents is 1. The number of hydrogen-bond acceptors (Lipinski definition) is 7. The first kappa shape index (κ1) is 15.3. The van der Waals surface area contributed by atoms with Gasteiger partial charge in [-0.15, -0.1) is 10.2 Å². The topological polar surface area (TPSA) is 65.4 Å². The molecule has 1 N–H and O–H groups in total. The minimum Gasteiger partial charge on any atom is -0.506 e. The van der Waals surface area contributed by atoms with E-state index in [4.69, 9.17) is 0 Å². The number of rotatable bonds is 4. The van der Waals surface area contributed by atoms with Crippen molar-refractivity contribution < 1.29 is 5.11 Å². The molecule has 2 aromatic heterocycles. The normalized spacial score (nSPS) is 15.9. The van der Waals surface area contributed by atoms with E-state index in [0.717, 1.165) is 49.7 Å². The third-order valence-corrected chi connectivity index (χ3v) is 5.28. The van der Waals surface area contributed by atoms with E-state index in [1.54, 1.807) is 29.1 Å². The second-order valence-electron chi connectivity index (χ2n) is 5.94. The van der Waals surface area contributed by atoms with Crippen LogP contribution in [0.3, 0.4) is 0 Å². The van der Waals surface area contributed by atoms with Crippen molar-refractivity contribution in [3.8, 4) is 5.75 Å². The molecular weight excluding hydrogens is 322 g/mol. The maximum atomic E-state index is 9.94. The fourth-order valence-electron chi connectivity index (χ4n) is 3.18. The molecule has 7 heteroatoms. The third-order valence-electron chi connectivity index (χ3n) is 4.53. The first-order chi connectivity index (χ1) is 11.8. The number of benzene rings is 1. The molecular formula is C17H19N5OS. The maximum Gasteiger partial charge on any atom is 0.208 e. The molecule has 4 rings (SSSR count). The molecule has 0 amide bonds. The molecule has 3 aromatic rings. The van der Waals surface area contributed by atoms with Gasteiger partial charge in [-0.2, -0.15) is 0 Å². The molecule has 1 aliphatic heterocycles. The Labute approximate surface area is 144 Å². The summed E-state index contributed by atoms with van der Waals surface area (Å²) in [7, 11) is 0. The van der Waals surface area contributed by atoms with Gasteiger partial charge in [0, 0.05) is 44.3 Å². The second kappa shape index (κ2) is 6.70. The van der Waals surface area contributed by atoms with Gasteiger partial charge in [0.15, 0.2) is 0 Å². The van der Waals surface area contributed by atoms with Crippen LogP contribution in [0, 0.1) is 0 Å². The molecule has 0 radical (unpaired) electrons. The fourth-order valence-corrected chi connectivity index (χ4v) is 3.80. The van der Waals surface area contributed by atoms with E-state index >= 15 is 0 Å². The van der Waals surface area contributed by atoms with Gasteiger partial charge in [-0.1, -0.05) is 23.5 Å². The van der Waals surface area contributed by atoms with Crippen LogP contribution in [0.2, 0.25) is 0 Å². The van der Waals surface area contributed by atoms with Gasteiger partial charge in [0.2, 0.25) is 5.13 Å². The molecule has 0 aliphatic carbocycles. The van der Waals surface area contributed by atoms with Gasteiger partial charge in [0.25, 0.3) is 0 Å². The number of phenols is 1. The largest absolute Gasteiger partial charge is 0.506 e. The van der Waals surface area contributed by atoms with Gasteiger partial charge in [0.05, 0.1) is 0 Å². The van der Waals surface area contributed by atoms with Gasteiger partial charge >= 0.3 is 0 Å². The molecule has 3 heterocycles. The third kappa shape index (κ3) is 3.05. The van der Waals surface area contributed by atoms with E-state index in [-0.39, 0.29) is 5.75 Å². The molecule has 6 nitrogen and oxygen atoms in total. The quantitative estimate of drug-likeness (QED) is 0.784. The van der Waals surface area contributed by atoms with Crippen LogP contribution in [0.4, 0.5) is 5.13 Å². The van der Waals surface area contributed by atoms with Gasteiger partial charge in [-0.05, 0) is 24.1 Å². The molecule has 1 aliphatic rings. The van der Waals surface area contributed by atoms with E-state index in [1.807, 2.05) is 18.2 Å². The molecule has 0 unspecified atom stereocenters. The molecule has 0 spiro atoms. The zero-order valence-electron chi connectivity index (χ0n) is 13.3. The van der Waals surface area contributed by atoms with E-state index in [1.165, 1.54) is 5.56 Å². The molecule has 0 bridgehead atoms. The van der Waals surface area contributed by atoms with Gasteiger partial charge < -0.3 is 10.0 Å². The summed E-state index contributed by atoms with van der Waals surface area (Å²) < 4.78 is 0. The summed E-state index contributed by atoms with van der Waals surface area (Å²) in [5, 5.41) is 20.1. The lowest BCUT2D eigenvalue weighted by Crippen LogP contribution is -2.47. The molecule has 0 saturated carbocycles. The number of pyridine rings is 1. The molecule has 1 fully saturated rings. The number of fused-ring (bicyclic) bond motifs is 1. The first-order valence-corrected chi connectivity index (χ1v) is 8.98.